The van der Waals surface area contributed by atoms with E-state index in [0.29, 0.717) is 30.1 Å². The van der Waals surface area contributed by atoms with Crippen molar-refractivity contribution in [2.24, 2.45) is 0 Å². The lowest BCUT2D eigenvalue weighted by molar-refractivity contribution is 0.0936. The highest BCUT2D eigenvalue weighted by Crippen LogP contribution is 2.27. The van der Waals surface area contributed by atoms with E-state index in [1.165, 1.54) is 30.1 Å². The van der Waals surface area contributed by atoms with Crippen LogP contribution in [0.4, 0.5) is 8.78 Å². The number of hydrogen-bond donors (Lipinski definition) is 1. The zero-order chi connectivity index (χ0) is 23.3. The summed E-state index contributed by atoms with van der Waals surface area (Å²) in [5.41, 5.74) is 0.634. The molecule has 0 aliphatic heterocycles. The van der Waals surface area contributed by atoms with Crippen molar-refractivity contribution < 1.29 is 23.0 Å². The van der Waals surface area contributed by atoms with Crippen molar-refractivity contribution >= 4 is 21.8 Å². The largest absolute Gasteiger partial charge is 0.487 e. The van der Waals surface area contributed by atoms with E-state index in [-0.39, 0.29) is 28.3 Å². The van der Waals surface area contributed by atoms with E-state index in [1.54, 1.807) is 19.1 Å². The zero-order valence-electron chi connectivity index (χ0n) is 17.3. The quantitative estimate of drug-likeness (QED) is 0.471. The number of pyridine rings is 2. The number of carbonyl (C=O) groups is 1. The Labute approximate surface area is 191 Å². The van der Waals surface area contributed by atoms with E-state index in [1.807, 2.05) is 0 Å². The first-order valence-electron chi connectivity index (χ1n) is 9.54. The van der Waals surface area contributed by atoms with Gasteiger partial charge in [-0.15, -0.1) is 0 Å². The highest BCUT2D eigenvalue weighted by Gasteiger charge is 2.16. The molecule has 168 valence electrons. The summed E-state index contributed by atoms with van der Waals surface area (Å²) in [7, 11) is 1.54. The van der Waals surface area contributed by atoms with Crippen LogP contribution in [0.15, 0.2) is 52.0 Å². The van der Waals surface area contributed by atoms with Gasteiger partial charge in [-0.1, -0.05) is 0 Å². The number of benzene rings is 1. The summed E-state index contributed by atoms with van der Waals surface area (Å²) in [4.78, 5) is 29.1. The van der Waals surface area contributed by atoms with Crippen molar-refractivity contribution in [2.75, 3.05) is 20.3 Å². The van der Waals surface area contributed by atoms with Gasteiger partial charge in [0.05, 0.1) is 12.2 Å². The Balaban J connectivity index is 1.80. The number of aromatic nitrogens is 2. The molecular formula is C22H20BrF2N3O4. The lowest BCUT2D eigenvalue weighted by Gasteiger charge is -2.14. The van der Waals surface area contributed by atoms with Crippen molar-refractivity contribution in [1.82, 2.24) is 14.9 Å². The number of nitrogens with zero attached hydrogens (tertiary/aromatic N) is 2. The second-order valence-electron chi connectivity index (χ2n) is 6.81. The average molecular weight is 508 g/mol. The molecule has 2 aromatic heterocycles. The molecule has 10 heteroatoms. The minimum atomic E-state index is -0.734. The van der Waals surface area contributed by atoms with E-state index in [9.17, 15) is 18.4 Å². The third-order valence-electron chi connectivity index (χ3n) is 4.52. The highest BCUT2D eigenvalue weighted by atomic mass is 79.9. The molecule has 2 heterocycles. The maximum Gasteiger partial charge on any atom is 0.274 e. The second kappa shape index (κ2) is 10.5. The third kappa shape index (κ3) is 5.38. The third-order valence-corrected chi connectivity index (χ3v) is 5.22. The van der Waals surface area contributed by atoms with Crippen LogP contribution in [0.1, 0.15) is 21.5 Å². The van der Waals surface area contributed by atoms with Crippen molar-refractivity contribution in [1.29, 1.82) is 0 Å². The van der Waals surface area contributed by atoms with Gasteiger partial charge in [0, 0.05) is 43.2 Å². The molecule has 0 saturated heterocycles. The topological polar surface area (TPSA) is 82.5 Å². The molecule has 0 spiro atoms. The molecular weight excluding hydrogens is 488 g/mol. The van der Waals surface area contributed by atoms with Gasteiger partial charge in [0.2, 0.25) is 0 Å². The Hall–Kier alpha value is -3.11. The number of amides is 1. The minimum Gasteiger partial charge on any atom is -0.487 e. The summed E-state index contributed by atoms with van der Waals surface area (Å²) < 4.78 is 38.9. The van der Waals surface area contributed by atoms with Crippen LogP contribution in [-0.2, 0) is 11.3 Å². The summed E-state index contributed by atoms with van der Waals surface area (Å²) in [6, 6.07) is 6.29. The van der Waals surface area contributed by atoms with Gasteiger partial charge in [-0.3, -0.25) is 14.2 Å². The van der Waals surface area contributed by atoms with Crippen LogP contribution in [-0.4, -0.2) is 35.7 Å². The number of ether oxygens (including phenoxy) is 2. The summed E-state index contributed by atoms with van der Waals surface area (Å²) in [5.74, 6) is -1.17. The van der Waals surface area contributed by atoms with E-state index >= 15 is 0 Å². The molecule has 32 heavy (non-hydrogen) atoms. The lowest BCUT2D eigenvalue weighted by atomic mass is 10.2. The molecule has 0 aliphatic carbocycles. The molecule has 0 unspecified atom stereocenters. The summed E-state index contributed by atoms with van der Waals surface area (Å²) >= 11 is 3.24. The van der Waals surface area contributed by atoms with Gasteiger partial charge in [0.15, 0.2) is 0 Å². The number of halogens is 3. The van der Waals surface area contributed by atoms with Gasteiger partial charge < -0.3 is 14.8 Å². The van der Waals surface area contributed by atoms with E-state index in [0.717, 1.165) is 12.1 Å². The normalized spacial score (nSPS) is 10.8. The van der Waals surface area contributed by atoms with Crippen LogP contribution in [0.2, 0.25) is 0 Å². The smallest absolute Gasteiger partial charge is 0.274 e. The summed E-state index contributed by atoms with van der Waals surface area (Å²) in [6.07, 6.45) is 2.90. The average Bonchev–Trinajstić information content (AvgIpc) is 2.77. The standard InChI is InChI=1S/C22H20BrF2N3O4/c1-13-11-28(18-6-4-14(10-27-18)21(29)26-7-8-31-2)22(30)19(23)20(13)32-12-15-3-5-16(24)9-17(15)25/h3-6,9-11H,7-8,12H2,1-2H3,(H,26,29). The van der Waals surface area contributed by atoms with Gasteiger partial charge >= 0.3 is 0 Å². The zero-order valence-corrected chi connectivity index (χ0v) is 18.9. The van der Waals surface area contributed by atoms with Crippen molar-refractivity contribution in [2.45, 2.75) is 13.5 Å². The van der Waals surface area contributed by atoms with Gasteiger partial charge in [-0.2, -0.15) is 0 Å². The first-order valence-corrected chi connectivity index (χ1v) is 10.3. The van der Waals surface area contributed by atoms with E-state index < -0.39 is 17.2 Å². The molecule has 1 amide bonds. The number of aryl methyl sites for hydroxylation is 1. The molecule has 3 aromatic rings. The van der Waals surface area contributed by atoms with Crippen LogP contribution in [0.5, 0.6) is 5.75 Å². The number of rotatable bonds is 8. The van der Waals surface area contributed by atoms with E-state index in [4.69, 9.17) is 9.47 Å². The first-order chi connectivity index (χ1) is 15.3. The van der Waals surface area contributed by atoms with E-state index in [2.05, 4.69) is 26.2 Å². The molecule has 0 fully saturated rings. The van der Waals surface area contributed by atoms with Crippen LogP contribution in [0, 0.1) is 18.6 Å². The van der Waals surface area contributed by atoms with Crippen molar-refractivity contribution in [3.63, 3.8) is 0 Å². The van der Waals surface area contributed by atoms with Gasteiger partial charge in [-0.25, -0.2) is 13.8 Å². The van der Waals surface area contributed by atoms with Crippen LogP contribution >= 0.6 is 15.9 Å². The van der Waals surface area contributed by atoms with Crippen LogP contribution in [0.25, 0.3) is 5.82 Å². The Morgan fingerprint density at radius 2 is 2.03 bits per heavy atom. The van der Waals surface area contributed by atoms with Crippen LogP contribution < -0.4 is 15.6 Å². The second-order valence-corrected chi connectivity index (χ2v) is 7.60. The monoisotopic (exact) mass is 507 g/mol. The van der Waals surface area contributed by atoms with Gasteiger partial charge in [0.25, 0.3) is 11.5 Å². The Kier molecular flexibility index (Phi) is 7.70. The Bertz CT molecular complexity index is 1180. The van der Waals surface area contributed by atoms with Crippen molar-refractivity contribution in [3.05, 3.63) is 85.9 Å². The SMILES string of the molecule is COCCNC(=O)c1ccc(-n2cc(C)c(OCc3ccc(F)cc3F)c(Br)c2=O)nc1. The highest BCUT2D eigenvalue weighted by molar-refractivity contribution is 9.10. The van der Waals surface area contributed by atoms with Crippen molar-refractivity contribution in [3.8, 4) is 11.6 Å². The molecule has 7 nitrogen and oxygen atoms in total. The summed E-state index contributed by atoms with van der Waals surface area (Å²) in [5, 5.41) is 2.69. The molecule has 0 saturated carbocycles. The number of nitrogens with one attached hydrogen (secondary N) is 1. The molecule has 0 radical (unpaired) electrons. The van der Waals surface area contributed by atoms with Gasteiger partial charge in [-0.05, 0) is 47.1 Å². The predicted octanol–water partition coefficient (Wildman–Crippen LogP) is 3.54. The van der Waals surface area contributed by atoms with Crippen LogP contribution in [0.3, 0.4) is 0 Å². The molecule has 1 N–H and O–H groups in total. The number of carbonyl (C=O) groups excluding carboxylic acids is 1. The molecule has 0 aliphatic rings. The maximum atomic E-state index is 13.9. The molecule has 0 bridgehead atoms. The Morgan fingerprint density at radius 1 is 1.25 bits per heavy atom. The number of hydrogen-bond acceptors (Lipinski definition) is 5. The summed E-state index contributed by atoms with van der Waals surface area (Å²) in [6.45, 7) is 2.29. The fourth-order valence-corrected chi connectivity index (χ4v) is 3.47. The fourth-order valence-electron chi connectivity index (χ4n) is 2.85. The molecule has 3 rings (SSSR count). The maximum absolute atomic E-state index is 13.9. The lowest BCUT2D eigenvalue weighted by Crippen LogP contribution is -2.27. The predicted molar refractivity (Wildman–Crippen MR) is 117 cm³/mol. The van der Waals surface area contributed by atoms with Gasteiger partial charge in [0.1, 0.15) is 34.3 Å². The Morgan fingerprint density at radius 3 is 2.69 bits per heavy atom. The molecule has 1 aromatic carbocycles. The number of methoxy groups -OCH3 is 1. The first kappa shape index (κ1) is 23.6. The fraction of sp³-hybridized carbons (Fsp3) is 0.227. The minimum absolute atomic E-state index is 0.128. The molecule has 0 atom stereocenters.